The predicted molar refractivity (Wildman–Crippen MR) is 354 cm³/mol. The van der Waals surface area contributed by atoms with E-state index < -0.39 is 153 Å². The molecule has 0 bridgehead atoms. The highest BCUT2D eigenvalue weighted by molar-refractivity contribution is 6.07. The first kappa shape index (κ1) is 84.0. The van der Waals surface area contributed by atoms with E-state index in [4.69, 9.17) is 38.9 Å². The van der Waals surface area contributed by atoms with Crippen LogP contribution in [0.4, 0.5) is 5.82 Å². The topological polar surface area (TPSA) is 654 Å². The summed E-state index contributed by atoms with van der Waals surface area (Å²) in [7, 11) is 0. The van der Waals surface area contributed by atoms with Crippen LogP contribution in [0.15, 0.2) is 171 Å². The Morgan fingerprint density at radius 3 is 1.24 bits per heavy atom. The highest BCUT2D eigenvalue weighted by Crippen LogP contribution is 2.10. The number of nitrogen functional groups attached to an aromatic ring is 1. The Morgan fingerprint density at radius 2 is 0.850 bits per heavy atom. The minimum atomic E-state index is -1.21. The minimum absolute atomic E-state index is 0. The van der Waals surface area contributed by atoms with E-state index in [0.717, 1.165) is 42.5 Å². The molecule has 45 heteroatoms. The number of anilines is 1. The van der Waals surface area contributed by atoms with Gasteiger partial charge in [-0.05, 0) is 0 Å². The van der Waals surface area contributed by atoms with Crippen LogP contribution in [0.25, 0.3) is 0 Å². The fraction of sp³-hybridized carbons (Fsp3) is 0.210. The number of piperazine rings is 1. The predicted octanol–water partition coefficient (Wildman–Crippen LogP) is -8.06. The van der Waals surface area contributed by atoms with E-state index >= 15 is 0 Å². The van der Waals surface area contributed by atoms with Crippen molar-refractivity contribution in [2.24, 2.45) is 0 Å². The number of ketones is 1. The molecule has 8 rings (SSSR count). The van der Waals surface area contributed by atoms with Gasteiger partial charge in [0, 0.05) is 91.6 Å². The fourth-order valence-electron chi connectivity index (χ4n) is 7.44. The highest BCUT2D eigenvalue weighted by Gasteiger charge is 2.34. The average molecular weight is 1500 g/mol. The zero-order chi connectivity index (χ0) is 78.2. The Bertz CT molecular complexity index is 4540. The van der Waals surface area contributed by atoms with Gasteiger partial charge in [0.25, 0.3) is 40.7 Å². The molecule has 8 amide bonds. The summed E-state index contributed by atoms with van der Waals surface area (Å²) >= 11 is 0. The Labute approximate surface area is 597 Å². The van der Waals surface area contributed by atoms with Gasteiger partial charge in [0.05, 0.1) is 41.9 Å². The first-order valence-corrected chi connectivity index (χ1v) is 29.5. The number of nitrogens with two attached hydrogens (primary N) is 1. The highest BCUT2D eigenvalue weighted by atomic mass is 16.6. The number of ether oxygens (including phenoxy) is 8. The SMILES string of the molecule is C.C=C1NC=C(COC(=O)/C=C/C(=O)OC2CC(=O)NC2=O)C(=O)N1.C=C1NC=C(COC(=O)/C=C/C(=O)OCC(=O)c2c(N)[nH]c(=O)[nH]c2=O)C(=O)N1.C=C1NC=C(COC(=O)/C=C/C(=O)OCCc2c[nH]c(=O)[nH]c2=O)C(=O)N1.C=C1NC=C(COC(=O)/C=C/C(=O)OC[C@@H]2NC(=O)CNC2=O)C(=O)N1. The number of carbonyl (C=O) groups excluding carboxylic acids is 17. The van der Waals surface area contributed by atoms with Crippen LogP contribution in [0.3, 0.4) is 0 Å². The molecule has 107 heavy (non-hydrogen) atoms. The summed E-state index contributed by atoms with van der Waals surface area (Å²) in [5, 5.41) is 26.8. The number of aromatic amines is 4. The molecule has 45 nitrogen and oxygen atoms in total. The van der Waals surface area contributed by atoms with Gasteiger partial charge < -0.3 is 102 Å². The van der Waals surface area contributed by atoms with Crippen molar-refractivity contribution in [3.05, 3.63) is 204 Å². The maximum absolute atomic E-state index is 11.9. The maximum Gasteiger partial charge on any atom is 0.331 e. The minimum Gasteiger partial charge on any atom is -0.462 e. The Balaban J connectivity index is 0.000000301. The van der Waals surface area contributed by atoms with Crippen LogP contribution in [0.2, 0.25) is 0 Å². The first-order valence-electron chi connectivity index (χ1n) is 29.5. The molecule has 2 atom stereocenters. The summed E-state index contributed by atoms with van der Waals surface area (Å²) in [6.07, 6.45) is 11.5. The molecule has 8 heterocycles. The molecule has 2 aromatic rings. The van der Waals surface area contributed by atoms with Crippen molar-refractivity contribution >= 4 is 107 Å². The van der Waals surface area contributed by atoms with E-state index in [1.54, 1.807) is 0 Å². The molecule has 17 N–H and O–H groups in total. The van der Waals surface area contributed by atoms with Gasteiger partial charge in [-0.2, -0.15) is 0 Å². The normalized spacial score (nSPS) is 16.3. The van der Waals surface area contributed by atoms with Crippen molar-refractivity contribution in [3.8, 4) is 0 Å². The third kappa shape index (κ3) is 29.8. The van der Waals surface area contributed by atoms with E-state index in [0.29, 0.717) is 23.5 Å². The molecular weight excluding hydrogens is 1430 g/mol. The number of hydrogen-bond acceptors (Lipinski definition) is 34. The lowest BCUT2D eigenvalue weighted by Gasteiger charge is -2.22. The third-order valence-electron chi connectivity index (χ3n) is 12.6. The van der Waals surface area contributed by atoms with Crippen LogP contribution in [-0.4, -0.2) is 186 Å². The molecule has 2 fully saturated rings. The number of carbonyl (C=O) groups is 17. The van der Waals surface area contributed by atoms with E-state index in [1.165, 1.54) is 31.0 Å². The monoisotopic (exact) mass is 1500 g/mol. The molecule has 1 unspecified atom stereocenters. The van der Waals surface area contributed by atoms with Gasteiger partial charge in [0.15, 0.2) is 12.7 Å². The number of hydrogen-bond donors (Lipinski definition) is 16. The number of Topliss-reactive ketones (excluding diaryl/α,β-unsaturated/α-hetero) is 1. The smallest absolute Gasteiger partial charge is 0.331 e. The Kier molecular flexibility index (Phi) is 32.5. The zero-order valence-corrected chi connectivity index (χ0v) is 54.5. The molecule has 0 aliphatic carbocycles. The van der Waals surface area contributed by atoms with Gasteiger partial charge in [-0.1, -0.05) is 33.7 Å². The number of nitrogens with one attached hydrogen (secondary N) is 15. The Morgan fingerprint density at radius 1 is 0.458 bits per heavy atom. The van der Waals surface area contributed by atoms with Crippen LogP contribution in [0.1, 0.15) is 29.8 Å². The summed E-state index contributed by atoms with van der Waals surface area (Å²) in [6, 6.07) is -0.987. The molecule has 2 aromatic heterocycles. The summed E-state index contributed by atoms with van der Waals surface area (Å²) in [6.45, 7) is 11.2. The molecule has 0 radical (unpaired) electrons. The quantitative estimate of drug-likeness (QED) is 0.0144. The van der Waals surface area contributed by atoms with Gasteiger partial charge in [0.1, 0.15) is 73.7 Å². The standard InChI is InChI=1S/C16H15N5O8.C16H16N4O7.C15H16N4O7.C14H13N3O7.CH4/c1-7-18-4-8(14(25)19-7)5-28-10(23)2-3-11(24)29-6-9(22)12-13(17)20-16(27)21-15(12)26;1-9-17-7-11(15(24)19-9)8-27-13(22)3-2-12(21)26-5-4-10-6-18-16(25)20-14(10)23;1-8-16-4-9(14(23)18-8)6-25-12(21)2-3-13(22)26-7-10-15(24)17-5-11(20)19-10;1-7-15-5-8(13(21)16-7)6-23-11(19)2-3-12(20)24-9-4-10(18)17-14(9)22;/h2-4,18H,1,5-6H2,(H,19,25)(H4,17,20,21,26,27);2-3,6-7,17H,1,4-5,8H2,(H,19,24)(H2,18,20,23,25);2-4,10,16H,1,5-7H2,(H,17,24)(H,18,23)(H,19,20);2-3,5,9,15H,1,4,6H2,(H,16,21)(H,17,18,22);1H4/b4*3-2+;/t;;10-;;/m..0../s1. The number of amides is 8. The second-order valence-corrected chi connectivity index (χ2v) is 20.5. The van der Waals surface area contributed by atoms with E-state index in [1.807, 2.05) is 20.3 Å². The molecule has 2 saturated heterocycles. The maximum atomic E-state index is 11.9. The van der Waals surface area contributed by atoms with E-state index in [2.05, 4.69) is 89.2 Å². The largest absolute Gasteiger partial charge is 0.462 e. The van der Waals surface area contributed by atoms with E-state index in [-0.39, 0.29) is 100 Å². The fourth-order valence-corrected chi connectivity index (χ4v) is 7.44. The van der Waals surface area contributed by atoms with Gasteiger partial charge in [-0.25, -0.2) is 47.9 Å². The van der Waals surface area contributed by atoms with Crippen molar-refractivity contribution in [1.29, 1.82) is 0 Å². The van der Waals surface area contributed by atoms with Crippen LogP contribution >= 0.6 is 0 Å². The second kappa shape index (κ2) is 41.4. The molecule has 0 spiro atoms. The molecule has 566 valence electrons. The van der Waals surface area contributed by atoms with Crippen molar-refractivity contribution in [3.63, 3.8) is 0 Å². The summed E-state index contributed by atoms with van der Waals surface area (Å²) in [5.74, 6) is -11.6. The van der Waals surface area contributed by atoms with Crippen LogP contribution in [-0.2, 0) is 121 Å². The van der Waals surface area contributed by atoms with E-state index in [9.17, 15) is 101 Å². The van der Waals surface area contributed by atoms with Gasteiger partial charge in [0.2, 0.25) is 23.5 Å². The second-order valence-electron chi connectivity index (χ2n) is 20.5. The molecule has 0 saturated carbocycles. The van der Waals surface area contributed by atoms with Gasteiger partial charge in [-0.3, -0.25) is 73.0 Å². The summed E-state index contributed by atoms with van der Waals surface area (Å²) in [4.78, 5) is 248. The average Bonchev–Trinajstić information content (AvgIpc) is 1.41. The summed E-state index contributed by atoms with van der Waals surface area (Å²) < 4.78 is 38.1. The van der Waals surface area contributed by atoms with Crippen LogP contribution < -0.4 is 86.7 Å². The lowest BCUT2D eigenvalue weighted by molar-refractivity contribution is -0.149. The lowest BCUT2D eigenvalue weighted by atomic mass is 10.2. The van der Waals surface area contributed by atoms with Crippen molar-refractivity contribution < 1.29 is 119 Å². The number of rotatable bonds is 25. The third-order valence-corrected chi connectivity index (χ3v) is 12.6. The first-order chi connectivity index (χ1) is 50.2. The van der Waals surface area contributed by atoms with Crippen LogP contribution in [0.5, 0.6) is 0 Å². The number of imide groups is 1. The zero-order valence-electron chi connectivity index (χ0n) is 54.5. The molecule has 6 aliphatic heterocycles. The lowest BCUT2D eigenvalue weighted by Crippen LogP contribution is -2.58. The van der Waals surface area contributed by atoms with Gasteiger partial charge >= 0.3 is 59.1 Å². The van der Waals surface area contributed by atoms with Gasteiger partial charge in [-0.15, -0.1) is 0 Å². The molecule has 0 aromatic carbocycles. The summed E-state index contributed by atoms with van der Waals surface area (Å²) in [5.41, 5.74) is 2.53. The molecular formula is C62H64N16O29. The number of H-pyrrole nitrogens is 4. The number of aromatic nitrogens is 4. The molecule has 6 aliphatic rings. The number of esters is 8. The Hall–Kier alpha value is -15.4. The van der Waals surface area contributed by atoms with Crippen molar-refractivity contribution in [1.82, 2.24) is 78.4 Å². The van der Waals surface area contributed by atoms with Crippen molar-refractivity contribution in [2.45, 2.75) is 32.4 Å². The van der Waals surface area contributed by atoms with Crippen molar-refractivity contribution in [2.75, 3.05) is 58.5 Å². The van der Waals surface area contributed by atoms with Crippen LogP contribution in [0, 0.1) is 0 Å².